The SMILES string of the molecule is CC/C=C\C/C=C\C/C=C\C/C=C\C/C=C\C/C=C\C/C=C\C/C=C\C/C=C\CCCCCCCC(=O)OC(COC(=O)CCCCCCCC)COC(OCC[N+](C)(C)C)C(=O)O. The molecule has 0 aliphatic heterocycles. The second kappa shape index (κ2) is 45.5. The highest BCUT2D eigenvalue weighted by Gasteiger charge is 2.25. The maximum Gasteiger partial charge on any atom is 0.361 e. The Morgan fingerprint density at radius 2 is 0.891 bits per heavy atom. The number of carbonyl (C=O) groups excluding carboxylic acids is 2. The first-order chi connectivity index (χ1) is 31.1. The molecule has 0 fully saturated rings. The fourth-order valence-electron chi connectivity index (χ4n) is 6.00. The second-order valence-corrected chi connectivity index (χ2v) is 17.0. The molecule has 0 radical (unpaired) electrons. The van der Waals surface area contributed by atoms with Crippen LogP contribution in [0.4, 0.5) is 0 Å². The molecule has 0 aliphatic carbocycles. The lowest BCUT2D eigenvalue weighted by Gasteiger charge is -2.25. The summed E-state index contributed by atoms with van der Waals surface area (Å²) in [5.41, 5.74) is 0. The average Bonchev–Trinajstić information content (AvgIpc) is 3.26. The van der Waals surface area contributed by atoms with Crippen LogP contribution >= 0.6 is 0 Å². The Morgan fingerprint density at radius 1 is 0.484 bits per heavy atom. The molecule has 0 bridgehead atoms. The van der Waals surface area contributed by atoms with Crippen molar-refractivity contribution in [2.24, 2.45) is 0 Å². The van der Waals surface area contributed by atoms with E-state index in [-0.39, 0.29) is 38.6 Å². The van der Waals surface area contributed by atoms with E-state index in [4.69, 9.17) is 18.9 Å². The van der Waals surface area contributed by atoms with Gasteiger partial charge in [-0.2, -0.15) is 0 Å². The van der Waals surface area contributed by atoms with Gasteiger partial charge in [0.1, 0.15) is 13.2 Å². The average molecular weight is 893 g/mol. The molecule has 9 nitrogen and oxygen atoms in total. The van der Waals surface area contributed by atoms with Gasteiger partial charge in [0.25, 0.3) is 6.29 Å². The molecule has 64 heavy (non-hydrogen) atoms. The minimum Gasteiger partial charge on any atom is -0.477 e. The normalized spacial score (nSPS) is 13.8. The van der Waals surface area contributed by atoms with Crippen LogP contribution in [0.15, 0.2) is 109 Å². The smallest absolute Gasteiger partial charge is 0.361 e. The van der Waals surface area contributed by atoms with Crippen LogP contribution in [0.25, 0.3) is 0 Å². The zero-order chi connectivity index (χ0) is 47.0. The lowest BCUT2D eigenvalue weighted by molar-refractivity contribution is -0.870. The fourth-order valence-corrected chi connectivity index (χ4v) is 6.00. The van der Waals surface area contributed by atoms with Crippen molar-refractivity contribution in [2.45, 2.75) is 174 Å². The number of likely N-dealkylation sites (N-methyl/N-ethyl adjacent to an activating group) is 1. The van der Waals surface area contributed by atoms with Gasteiger partial charge in [-0.3, -0.25) is 9.59 Å². The Kier molecular flexibility index (Phi) is 42.6. The molecule has 1 N–H and O–H groups in total. The zero-order valence-corrected chi connectivity index (χ0v) is 40.9. The van der Waals surface area contributed by atoms with E-state index in [2.05, 4.69) is 123 Å². The number of aliphatic carboxylic acids is 1. The number of esters is 2. The number of rotatable bonds is 43. The topological polar surface area (TPSA) is 108 Å². The summed E-state index contributed by atoms with van der Waals surface area (Å²) in [6, 6.07) is 0. The van der Waals surface area contributed by atoms with Crippen molar-refractivity contribution in [1.82, 2.24) is 0 Å². The number of quaternary nitrogens is 1. The van der Waals surface area contributed by atoms with Gasteiger partial charge < -0.3 is 28.5 Å². The minimum absolute atomic E-state index is 0.178. The van der Waals surface area contributed by atoms with Gasteiger partial charge in [-0.15, -0.1) is 0 Å². The van der Waals surface area contributed by atoms with Gasteiger partial charge in [-0.25, -0.2) is 4.79 Å². The summed E-state index contributed by atoms with van der Waals surface area (Å²) in [7, 11) is 5.93. The molecular weight excluding hydrogens is 803 g/mol. The summed E-state index contributed by atoms with van der Waals surface area (Å²) >= 11 is 0. The van der Waals surface area contributed by atoms with Gasteiger partial charge in [0.15, 0.2) is 6.10 Å². The number of nitrogens with zero attached hydrogens (tertiary/aromatic N) is 1. The first kappa shape index (κ1) is 60.0. The molecule has 0 aromatic heterocycles. The van der Waals surface area contributed by atoms with Crippen molar-refractivity contribution in [1.29, 1.82) is 0 Å². The first-order valence-corrected chi connectivity index (χ1v) is 24.6. The number of allylic oxidation sites excluding steroid dienone is 18. The minimum atomic E-state index is -1.52. The highest BCUT2D eigenvalue weighted by molar-refractivity contribution is 5.71. The maximum atomic E-state index is 12.7. The number of carbonyl (C=O) groups is 3. The molecule has 0 amide bonds. The Morgan fingerprint density at radius 3 is 1.33 bits per heavy atom. The van der Waals surface area contributed by atoms with Crippen LogP contribution in [-0.2, 0) is 33.3 Å². The van der Waals surface area contributed by atoms with E-state index in [1.807, 2.05) is 21.1 Å². The highest BCUT2D eigenvalue weighted by atomic mass is 16.7. The van der Waals surface area contributed by atoms with Gasteiger partial charge in [-0.1, -0.05) is 175 Å². The summed E-state index contributed by atoms with van der Waals surface area (Å²) in [6.45, 7) is 4.63. The summed E-state index contributed by atoms with van der Waals surface area (Å²) in [5.74, 6) is -2.06. The number of unbranched alkanes of at least 4 members (excludes halogenated alkanes) is 10. The molecule has 0 aromatic rings. The first-order valence-electron chi connectivity index (χ1n) is 24.6. The van der Waals surface area contributed by atoms with Gasteiger partial charge in [0, 0.05) is 12.8 Å². The Bertz CT molecular complexity index is 1410. The van der Waals surface area contributed by atoms with Crippen LogP contribution in [0, 0.1) is 0 Å². The summed E-state index contributed by atoms with van der Waals surface area (Å²) < 4.78 is 22.6. The van der Waals surface area contributed by atoms with Crippen LogP contribution in [0.5, 0.6) is 0 Å². The van der Waals surface area contributed by atoms with Crippen LogP contribution < -0.4 is 0 Å². The van der Waals surface area contributed by atoms with E-state index in [1.54, 1.807) is 0 Å². The third-order valence-corrected chi connectivity index (χ3v) is 9.79. The fraction of sp³-hybridized carbons (Fsp3) is 0.618. The van der Waals surface area contributed by atoms with E-state index in [1.165, 1.54) is 6.42 Å². The highest BCUT2D eigenvalue weighted by Crippen LogP contribution is 2.12. The van der Waals surface area contributed by atoms with Crippen molar-refractivity contribution < 1.29 is 42.9 Å². The van der Waals surface area contributed by atoms with Crippen molar-refractivity contribution in [3.05, 3.63) is 109 Å². The lowest BCUT2D eigenvalue weighted by Crippen LogP contribution is -2.40. The lowest BCUT2D eigenvalue weighted by atomic mass is 10.1. The predicted octanol–water partition coefficient (Wildman–Crippen LogP) is 13.6. The van der Waals surface area contributed by atoms with E-state index < -0.39 is 24.3 Å². The molecule has 0 saturated heterocycles. The molecule has 0 saturated carbocycles. The number of ether oxygens (including phenoxy) is 4. The van der Waals surface area contributed by atoms with Gasteiger partial charge in [0.2, 0.25) is 0 Å². The largest absolute Gasteiger partial charge is 0.477 e. The van der Waals surface area contributed by atoms with E-state index in [0.717, 1.165) is 122 Å². The standard InChI is InChI=1S/C55H89NO8/c1-6-8-10-12-14-15-16-17-18-19-20-21-22-23-24-25-26-27-28-29-30-31-32-33-34-35-36-37-38-39-40-42-44-46-53(58)64-51(49-62-52(57)45-43-41-13-11-9-7-2)50-63-55(54(59)60)61-48-47-56(3,4)5/h8,10,14-15,17-18,20-21,23-24,26-27,29-30,32-33,35-36,51,55H,6-7,9,11-13,16,19,22,25,28,31,34,37-50H2,1-5H3/p+1/b10-8-,15-14-,18-17-,21-20-,24-23-,27-26-,30-29-,33-32-,36-35-. The number of carboxylic acid groups (broad SMARTS) is 1. The Balaban J connectivity index is 4.21. The van der Waals surface area contributed by atoms with Crippen LogP contribution in [0.2, 0.25) is 0 Å². The van der Waals surface area contributed by atoms with E-state index in [0.29, 0.717) is 17.4 Å². The molecule has 0 spiro atoms. The van der Waals surface area contributed by atoms with Crippen LogP contribution in [-0.4, -0.2) is 87.4 Å². The number of carboxylic acids is 1. The Hall–Kier alpha value is -4.05. The molecule has 2 atom stereocenters. The molecule has 0 aromatic carbocycles. The third-order valence-electron chi connectivity index (χ3n) is 9.79. The Labute approximate surface area is 390 Å². The van der Waals surface area contributed by atoms with Crippen molar-refractivity contribution in [3.63, 3.8) is 0 Å². The number of hydrogen-bond donors (Lipinski definition) is 1. The summed E-state index contributed by atoms with van der Waals surface area (Å²) in [4.78, 5) is 36.9. The molecule has 9 heteroatoms. The molecular formula is C55H90NO8+. The summed E-state index contributed by atoms with van der Waals surface area (Å²) in [6.07, 6.45) is 59.1. The molecule has 0 rings (SSSR count). The van der Waals surface area contributed by atoms with Gasteiger partial charge in [-0.05, 0) is 83.5 Å². The predicted molar refractivity (Wildman–Crippen MR) is 267 cm³/mol. The molecule has 0 aliphatic rings. The third kappa shape index (κ3) is 46.0. The van der Waals surface area contributed by atoms with E-state index in [9.17, 15) is 19.5 Å². The number of hydrogen-bond acceptors (Lipinski definition) is 7. The van der Waals surface area contributed by atoms with Crippen molar-refractivity contribution in [3.8, 4) is 0 Å². The molecule has 0 heterocycles. The van der Waals surface area contributed by atoms with Crippen molar-refractivity contribution in [2.75, 3.05) is 47.5 Å². The monoisotopic (exact) mass is 893 g/mol. The van der Waals surface area contributed by atoms with Crippen LogP contribution in [0.1, 0.15) is 162 Å². The summed E-state index contributed by atoms with van der Waals surface area (Å²) in [5, 5.41) is 9.60. The van der Waals surface area contributed by atoms with Crippen LogP contribution in [0.3, 0.4) is 0 Å². The van der Waals surface area contributed by atoms with Crippen molar-refractivity contribution >= 4 is 17.9 Å². The zero-order valence-electron chi connectivity index (χ0n) is 40.9. The molecule has 2 unspecified atom stereocenters. The quantitative estimate of drug-likeness (QED) is 0.0212. The van der Waals surface area contributed by atoms with Gasteiger partial charge >= 0.3 is 17.9 Å². The second-order valence-electron chi connectivity index (χ2n) is 17.0. The molecule has 362 valence electrons. The van der Waals surface area contributed by atoms with Gasteiger partial charge in [0.05, 0.1) is 34.4 Å². The van der Waals surface area contributed by atoms with E-state index >= 15 is 0 Å². The maximum absolute atomic E-state index is 12.7.